The van der Waals surface area contributed by atoms with E-state index in [1.807, 2.05) is 13.8 Å². The van der Waals surface area contributed by atoms with Gasteiger partial charge in [0.05, 0.1) is 25.3 Å². The number of carbonyl (C=O) groups is 2. The number of esters is 1. The second-order valence-electron chi connectivity index (χ2n) is 3.75. The van der Waals surface area contributed by atoms with Crippen LogP contribution < -0.4 is 5.32 Å². The molecule has 0 saturated carbocycles. The van der Waals surface area contributed by atoms with E-state index in [0.29, 0.717) is 5.03 Å². The third kappa shape index (κ3) is 4.70. The van der Waals surface area contributed by atoms with Crippen LogP contribution in [-0.4, -0.2) is 40.7 Å². The first kappa shape index (κ1) is 14.4. The van der Waals surface area contributed by atoms with E-state index < -0.39 is 5.97 Å². The van der Waals surface area contributed by atoms with Gasteiger partial charge in [-0.1, -0.05) is 11.8 Å². The molecule has 0 saturated heterocycles. The number of carbonyl (C=O) groups excluding carboxylic acids is 2. The van der Waals surface area contributed by atoms with E-state index in [2.05, 4.69) is 20.0 Å². The maximum absolute atomic E-state index is 11.4. The smallest absolute Gasteiger partial charge is 0.358 e. The summed E-state index contributed by atoms with van der Waals surface area (Å²) in [5.74, 6) is -0.394. The highest BCUT2D eigenvalue weighted by Crippen LogP contribution is 2.14. The molecular formula is C11H15N3O3S. The predicted molar refractivity (Wildman–Crippen MR) is 67.4 cm³/mol. The van der Waals surface area contributed by atoms with Crippen molar-refractivity contribution in [2.75, 3.05) is 12.9 Å². The Morgan fingerprint density at radius 2 is 2.17 bits per heavy atom. The van der Waals surface area contributed by atoms with E-state index in [1.54, 1.807) is 0 Å². The molecule has 0 atom stereocenters. The van der Waals surface area contributed by atoms with Crippen LogP contribution >= 0.6 is 11.8 Å². The second-order valence-corrected chi connectivity index (χ2v) is 4.74. The van der Waals surface area contributed by atoms with Crippen LogP contribution in [-0.2, 0) is 9.53 Å². The van der Waals surface area contributed by atoms with Gasteiger partial charge in [0.25, 0.3) is 0 Å². The van der Waals surface area contributed by atoms with Crippen molar-refractivity contribution < 1.29 is 14.3 Å². The third-order valence-electron chi connectivity index (χ3n) is 1.81. The zero-order valence-corrected chi connectivity index (χ0v) is 11.3. The van der Waals surface area contributed by atoms with Crippen molar-refractivity contribution in [2.24, 2.45) is 0 Å². The van der Waals surface area contributed by atoms with E-state index in [-0.39, 0.29) is 23.4 Å². The van der Waals surface area contributed by atoms with Gasteiger partial charge in [0.1, 0.15) is 5.03 Å². The number of nitrogens with one attached hydrogen (secondary N) is 1. The first-order valence-corrected chi connectivity index (χ1v) is 6.34. The number of nitrogens with zero attached hydrogens (tertiary/aromatic N) is 2. The molecule has 18 heavy (non-hydrogen) atoms. The van der Waals surface area contributed by atoms with Gasteiger partial charge in [0.2, 0.25) is 5.91 Å². The van der Waals surface area contributed by atoms with E-state index in [4.69, 9.17) is 0 Å². The molecule has 1 aromatic heterocycles. The van der Waals surface area contributed by atoms with Gasteiger partial charge in [-0.3, -0.25) is 9.78 Å². The van der Waals surface area contributed by atoms with Crippen LogP contribution in [0, 0.1) is 0 Å². The fourth-order valence-electron chi connectivity index (χ4n) is 1.12. The lowest BCUT2D eigenvalue weighted by atomic mass is 10.4. The molecule has 1 rings (SSSR count). The Bertz CT molecular complexity index is 437. The van der Waals surface area contributed by atoms with Crippen molar-refractivity contribution in [1.82, 2.24) is 15.3 Å². The number of ether oxygens (including phenoxy) is 1. The van der Waals surface area contributed by atoms with Crippen molar-refractivity contribution in [3.8, 4) is 0 Å². The maximum atomic E-state index is 11.4. The Balaban J connectivity index is 2.57. The summed E-state index contributed by atoms with van der Waals surface area (Å²) in [6.07, 6.45) is 2.82. The fourth-order valence-corrected chi connectivity index (χ4v) is 1.78. The summed E-state index contributed by atoms with van der Waals surface area (Å²) in [6, 6.07) is 0.102. The molecule has 1 heterocycles. The predicted octanol–water partition coefficient (Wildman–Crippen LogP) is 0.880. The summed E-state index contributed by atoms with van der Waals surface area (Å²) in [5.41, 5.74) is 0.131. The molecule has 0 unspecified atom stereocenters. The molecule has 0 radical (unpaired) electrons. The third-order valence-corrected chi connectivity index (χ3v) is 2.71. The van der Waals surface area contributed by atoms with Crippen molar-refractivity contribution >= 4 is 23.6 Å². The van der Waals surface area contributed by atoms with E-state index in [1.165, 1.54) is 31.3 Å². The van der Waals surface area contributed by atoms with Crippen LogP contribution in [0.2, 0.25) is 0 Å². The van der Waals surface area contributed by atoms with Gasteiger partial charge in [-0.25, -0.2) is 9.78 Å². The lowest BCUT2D eigenvalue weighted by molar-refractivity contribution is -0.119. The first-order valence-electron chi connectivity index (χ1n) is 5.35. The molecule has 0 spiro atoms. The largest absolute Gasteiger partial charge is 0.464 e. The normalized spacial score (nSPS) is 10.2. The van der Waals surface area contributed by atoms with Gasteiger partial charge >= 0.3 is 5.97 Å². The molecule has 1 amide bonds. The fraction of sp³-hybridized carbons (Fsp3) is 0.455. The van der Waals surface area contributed by atoms with Gasteiger partial charge in [0.15, 0.2) is 5.69 Å². The molecule has 0 aliphatic carbocycles. The molecule has 7 heteroatoms. The molecule has 0 aliphatic rings. The van der Waals surface area contributed by atoms with Crippen molar-refractivity contribution in [2.45, 2.75) is 24.9 Å². The van der Waals surface area contributed by atoms with Gasteiger partial charge in [-0.2, -0.15) is 0 Å². The number of methoxy groups -OCH3 is 1. The summed E-state index contributed by atoms with van der Waals surface area (Å²) in [5, 5.41) is 3.27. The van der Waals surface area contributed by atoms with E-state index in [9.17, 15) is 9.59 Å². The molecule has 98 valence electrons. The molecule has 0 aliphatic heterocycles. The van der Waals surface area contributed by atoms with Crippen molar-refractivity contribution in [1.29, 1.82) is 0 Å². The zero-order chi connectivity index (χ0) is 13.5. The molecule has 6 nitrogen and oxygen atoms in total. The van der Waals surface area contributed by atoms with Crippen molar-refractivity contribution in [3.05, 3.63) is 18.1 Å². The lowest BCUT2D eigenvalue weighted by Crippen LogP contribution is -2.31. The van der Waals surface area contributed by atoms with Gasteiger partial charge < -0.3 is 10.1 Å². The monoisotopic (exact) mass is 269 g/mol. The quantitative estimate of drug-likeness (QED) is 0.631. The van der Waals surface area contributed by atoms with E-state index >= 15 is 0 Å². The average molecular weight is 269 g/mol. The highest BCUT2D eigenvalue weighted by Gasteiger charge is 2.10. The average Bonchev–Trinajstić information content (AvgIpc) is 2.35. The summed E-state index contributed by atoms with van der Waals surface area (Å²) >= 11 is 1.22. The molecule has 0 aromatic carbocycles. The number of thioether (sulfide) groups is 1. The minimum absolute atomic E-state index is 0.0831. The maximum Gasteiger partial charge on any atom is 0.358 e. The van der Waals surface area contributed by atoms with Crippen LogP contribution in [0.15, 0.2) is 17.4 Å². The number of hydrogen-bond donors (Lipinski definition) is 1. The molecule has 0 bridgehead atoms. The SMILES string of the molecule is COC(=O)c1cncc(SCC(=O)NC(C)C)n1. The number of aromatic nitrogens is 2. The van der Waals surface area contributed by atoms with Crippen molar-refractivity contribution in [3.63, 3.8) is 0 Å². The second kappa shape index (κ2) is 6.95. The first-order chi connectivity index (χ1) is 8.52. The number of amides is 1. The summed E-state index contributed by atoms with van der Waals surface area (Å²) < 4.78 is 4.54. The number of hydrogen-bond acceptors (Lipinski definition) is 6. The van der Waals surface area contributed by atoms with Crippen LogP contribution in [0.1, 0.15) is 24.3 Å². The minimum atomic E-state index is -0.545. The van der Waals surface area contributed by atoms with Gasteiger partial charge in [-0.15, -0.1) is 0 Å². The zero-order valence-electron chi connectivity index (χ0n) is 10.5. The Labute approximate surface area is 110 Å². The van der Waals surface area contributed by atoms with Crippen LogP contribution in [0.5, 0.6) is 0 Å². The highest BCUT2D eigenvalue weighted by molar-refractivity contribution is 7.99. The van der Waals surface area contributed by atoms with Crippen LogP contribution in [0.25, 0.3) is 0 Å². The van der Waals surface area contributed by atoms with Crippen LogP contribution in [0.4, 0.5) is 0 Å². The Morgan fingerprint density at radius 3 is 2.78 bits per heavy atom. The molecule has 1 N–H and O–H groups in total. The molecule has 0 fully saturated rings. The lowest BCUT2D eigenvalue weighted by Gasteiger charge is -2.07. The Morgan fingerprint density at radius 1 is 1.44 bits per heavy atom. The molecular weight excluding hydrogens is 254 g/mol. The topological polar surface area (TPSA) is 81.2 Å². The summed E-state index contributed by atoms with van der Waals surface area (Å²) in [6.45, 7) is 3.78. The minimum Gasteiger partial charge on any atom is -0.464 e. The summed E-state index contributed by atoms with van der Waals surface area (Å²) in [7, 11) is 1.28. The number of rotatable bonds is 5. The highest BCUT2D eigenvalue weighted by atomic mass is 32.2. The Hall–Kier alpha value is -1.63. The summed E-state index contributed by atoms with van der Waals surface area (Å²) in [4.78, 5) is 30.6. The van der Waals surface area contributed by atoms with Gasteiger partial charge in [0, 0.05) is 6.04 Å². The standard InChI is InChI=1S/C11H15N3O3S/c1-7(2)13-9(15)6-18-10-5-12-4-8(14-10)11(16)17-3/h4-5,7H,6H2,1-3H3,(H,13,15). The van der Waals surface area contributed by atoms with Gasteiger partial charge in [-0.05, 0) is 13.8 Å². The van der Waals surface area contributed by atoms with E-state index in [0.717, 1.165) is 0 Å². The Kier molecular flexibility index (Phi) is 5.57. The molecule has 1 aromatic rings. The van der Waals surface area contributed by atoms with Crippen LogP contribution in [0.3, 0.4) is 0 Å².